The highest BCUT2D eigenvalue weighted by molar-refractivity contribution is 7.99. The molecule has 0 fully saturated rings. The smallest absolute Gasteiger partial charge is 0.0477 e. The fraction of sp³-hybridized carbons (Fsp3) is 0.286. The summed E-state index contributed by atoms with van der Waals surface area (Å²) in [5.41, 5.74) is 6.17. The van der Waals surface area contributed by atoms with Crippen molar-refractivity contribution in [2.75, 3.05) is 6.26 Å². The molecule has 1 aromatic carbocycles. The van der Waals surface area contributed by atoms with Crippen molar-refractivity contribution in [3.05, 3.63) is 114 Å². The van der Waals surface area contributed by atoms with Gasteiger partial charge in [-0.2, -0.15) is 11.8 Å². The van der Waals surface area contributed by atoms with Crippen molar-refractivity contribution in [3.8, 4) is 0 Å². The van der Waals surface area contributed by atoms with Gasteiger partial charge in [0.25, 0.3) is 0 Å². The monoisotopic (exact) mass is 404 g/mol. The molecule has 0 saturated heterocycles. The first kappa shape index (κ1) is 24.8. The second-order valence-electron chi connectivity index (χ2n) is 6.81. The molecule has 154 valence electrons. The lowest BCUT2D eigenvalue weighted by molar-refractivity contribution is 0.795. The highest BCUT2D eigenvalue weighted by atomic mass is 32.2. The number of unbranched alkanes of at least 4 members (excludes halogenated alkanes) is 1. The third kappa shape index (κ3) is 8.75. The molecule has 0 aliphatic rings. The topological polar surface area (TPSA) is 0 Å². The molecule has 0 bridgehead atoms. The first-order valence-electron chi connectivity index (χ1n) is 10.4. The van der Waals surface area contributed by atoms with Crippen molar-refractivity contribution in [3.63, 3.8) is 0 Å². The van der Waals surface area contributed by atoms with Crippen molar-refractivity contribution < 1.29 is 0 Å². The first-order valence-corrected chi connectivity index (χ1v) is 11.7. The first-order chi connectivity index (χ1) is 14.1. The number of rotatable bonds is 12. The largest absolute Gasteiger partial charge is 0.153 e. The zero-order chi connectivity index (χ0) is 21.5. The summed E-state index contributed by atoms with van der Waals surface area (Å²) in [5, 5.41) is 0.258. The molecule has 1 rings (SSSR count). The zero-order valence-corrected chi connectivity index (χ0v) is 19.3. The maximum Gasteiger partial charge on any atom is 0.0477 e. The summed E-state index contributed by atoms with van der Waals surface area (Å²) < 4.78 is 0. The molecule has 0 amide bonds. The molecule has 0 spiro atoms. The van der Waals surface area contributed by atoms with E-state index in [0.717, 1.165) is 12.0 Å². The Morgan fingerprint density at radius 1 is 1.17 bits per heavy atom. The van der Waals surface area contributed by atoms with E-state index in [2.05, 4.69) is 87.1 Å². The van der Waals surface area contributed by atoms with E-state index < -0.39 is 0 Å². The fourth-order valence-corrected chi connectivity index (χ4v) is 3.64. The number of thioether (sulfide) groups is 1. The van der Waals surface area contributed by atoms with E-state index in [0.29, 0.717) is 0 Å². The minimum atomic E-state index is 0.258. The molecular weight excluding hydrogens is 368 g/mol. The highest BCUT2D eigenvalue weighted by Gasteiger charge is 2.07. The molecule has 0 nitrogen and oxygen atoms in total. The third-order valence-electron chi connectivity index (χ3n) is 4.72. The molecule has 0 aliphatic carbocycles. The molecule has 1 heteroatoms. The summed E-state index contributed by atoms with van der Waals surface area (Å²) in [6.45, 7) is 14.3. The standard InChI is InChI=1S/C28H36S/c1-7-12-15-24-16-14-18-26(22-24)27(21-23(9-3)10-4)19-20-28(29-6)25(11-5)17-13-8-2/h8-11,13-14,16-22,28H,3,5,7,12,15H2,1-2,4,6H3/b13-8-,20-19-,23-10+,25-17+,27-21+. The van der Waals surface area contributed by atoms with Crippen LogP contribution in [0.3, 0.4) is 0 Å². The van der Waals surface area contributed by atoms with Crippen LogP contribution in [0.4, 0.5) is 0 Å². The van der Waals surface area contributed by atoms with E-state index in [9.17, 15) is 0 Å². The Bertz CT molecular complexity index is 799. The number of aryl methyl sites for hydroxylation is 1. The number of allylic oxidation sites excluding steroid dienone is 10. The SMILES string of the molecule is C=CC(=C\C)/C=C(\C=C/C(SC)/C(C=C)=C/C=C\C)c1cccc(CCCC)c1. The average molecular weight is 405 g/mol. The molecule has 0 heterocycles. The second kappa shape index (κ2) is 14.7. The molecule has 0 N–H and O–H groups in total. The van der Waals surface area contributed by atoms with Gasteiger partial charge in [-0.25, -0.2) is 0 Å². The summed E-state index contributed by atoms with van der Waals surface area (Å²) in [5.74, 6) is 0. The molecule has 1 aromatic rings. The minimum absolute atomic E-state index is 0.258. The molecule has 0 saturated carbocycles. The van der Waals surface area contributed by atoms with Gasteiger partial charge in [-0.05, 0) is 66.9 Å². The van der Waals surface area contributed by atoms with Gasteiger partial charge in [-0.3, -0.25) is 0 Å². The predicted octanol–water partition coefficient (Wildman–Crippen LogP) is 8.52. The summed E-state index contributed by atoms with van der Waals surface area (Å²) >= 11 is 1.81. The average Bonchev–Trinajstić information content (AvgIpc) is 2.76. The molecule has 1 atom stereocenters. The molecular formula is C28H36S. The van der Waals surface area contributed by atoms with Crippen LogP contribution in [0.2, 0.25) is 0 Å². The Kier molecular flexibility index (Phi) is 12.6. The summed E-state index contributed by atoms with van der Waals surface area (Å²) in [7, 11) is 0. The number of benzene rings is 1. The normalized spacial score (nSPS) is 14.6. The van der Waals surface area contributed by atoms with Crippen LogP contribution >= 0.6 is 11.8 Å². The van der Waals surface area contributed by atoms with E-state index >= 15 is 0 Å². The van der Waals surface area contributed by atoms with Crippen molar-refractivity contribution in [2.45, 2.75) is 45.3 Å². The Labute approximate surface area is 183 Å². The van der Waals surface area contributed by atoms with E-state index in [4.69, 9.17) is 0 Å². The van der Waals surface area contributed by atoms with Crippen LogP contribution < -0.4 is 0 Å². The minimum Gasteiger partial charge on any atom is -0.153 e. The quantitative estimate of drug-likeness (QED) is 0.315. The van der Waals surface area contributed by atoms with Crippen LogP contribution in [0.1, 0.15) is 44.7 Å². The molecule has 29 heavy (non-hydrogen) atoms. The van der Waals surface area contributed by atoms with Crippen molar-refractivity contribution >= 4 is 17.3 Å². The number of hydrogen-bond acceptors (Lipinski definition) is 1. The van der Waals surface area contributed by atoms with Crippen LogP contribution in [0, 0.1) is 0 Å². The molecule has 1 unspecified atom stereocenters. The lowest BCUT2D eigenvalue weighted by atomic mass is 9.97. The van der Waals surface area contributed by atoms with Gasteiger partial charge in [0.05, 0.1) is 0 Å². The van der Waals surface area contributed by atoms with Gasteiger partial charge in [0, 0.05) is 5.25 Å². The lowest BCUT2D eigenvalue weighted by Crippen LogP contribution is -2.00. The Hall–Kier alpha value is -2.25. The van der Waals surface area contributed by atoms with E-state index in [-0.39, 0.29) is 5.25 Å². The molecule has 0 aliphatic heterocycles. The van der Waals surface area contributed by atoms with Crippen LogP contribution in [0.5, 0.6) is 0 Å². The summed E-state index contributed by atoms with van der Waals surface area (Å²) in [6.07, 6.45) is 24.6. The van der Waals surface area contributed by atoms with E-state index in [1.165, 1.54) is 35.1 Å². The highest BCUT2D eigenvalue weighted by Crippen LogP contribution is 2.25. The third-order valence-corrected chi connectivity index (χ3v) is 5.66. The maximum atomic E-state index is 4.00. The molecule has 0 aromatic heterocycles. The van der Waals surface area contributed by atoms with E-state index in [1.54, 1.807) is 0 Å². The lowest BCUT2D eigenvalue weighted by Gasteiger charge is -2.12. The van der Waals surface area contributed by atoms with Crippen LogP contribution in [0.25, 0.3) is 5.57 Å². The van der Waals surface area contributed by atoms with Gasteiger partial charge in [0.1, 0.15) is 0 Å². The van der Waals surface area contributed by atoms with Crippen molar-refractivity contribution in [2.24, 2.45) is 0 Å². The second-order valence-corrected chi connectivity index (χ2v) is 7.79. The van der Waals surface area contributed by atoms with Crippen LogP contribution in [-0.2, 0) is 6.42 Å². The van der Waals surface area contributed by atoms with Gasteiger partial charge >= 0.3 is 0 Å². The Morgan fingerprint density at radius 2 is 1.97 bits per heavy atom. The fourth-order valence-electron chi connectivity index (χ4n) is 2.96. The van der Waals surface area contributed by atoms with E-state index in [1.807, 2.05) is 43.8 Å². The predicted molar refractivity (Wildman–Crippen MR) is 137 cm³/mol. The van der Waals surface area contributed by atoms with Gasteiger partial charge in [-0.1, -0.05) is 99.4 Å². The van der Waals surface area contributed by atoms with Crippen molar-refractivity contribution in [1.29, 1.82) is 0 Å². The molecule has 0 radical (unpaired) electrons. The van der Waals surface area contributed by atoms with Crippen LogP contribution in [0.15, 0.2) is 103 Å². The number of hydrogen-bond donors (Lipinski definition) is 0. The Balaban J connectivity index is 3.34. The van der Waals surface area contributed by atoms with Gasteiger partial charge < -0.3 is 0 Å². The zero-order valence-electron chi connectivity index (χ0n) is 18.5. The van der Waals surface area contributed by atoms with Gasteiger partial charge in [0.2, 0.25) is 0 Å². The van der Waals surface area contributed by atoms with Gasteiger partial charge in [0.15, 0.2) is 0 Å². The van der Waals surface area contributed by atoms with Crippen molar-refractivity contribution in [1.82, 2.24) is 0 Å². The van der Waals surface area contributed by atoms with Crippen LogP contribution in [-0.4, -0.2) is 11.5 Å². The Morgan fingerprint density at radius 3 is 2.55 bits per heavy atom. The summed E-state index contributed by atoms with van der Waals surface area (Å²) in [4.78, 5) is 0. The van der Waals surface area contributed by atoms with Gasteiger partial charge in [-0.15, -0.1) is 0 Å². The maximum absolute atomic E-state index is 4.00. The summed E-state index contributed by atoms with van der Waals surface area (Å²) in [6, 6.07) is 8.91.